The number of esters is 1. The summed E-state index contributed by atoms with van der Waals surface area (Å²) in [5.41, 5.74) is 1.62. The van der Waals surface area contributed by atoms with Gasteiger partial charge in [-0.05, 0) is 42.7 Å². The molecular formula is C25H28N2O8. The molecule has 0 aromatic heterocycles. The second-order valence-electron chi connectivity index (χ2n) is 8.11. The summed E-state index contributed by atoms with van der Waals surface area (Å²) in [5.74, 6) is 0.652. The lowest BCUT2D eigenvalue weighted by Gasteiger charge is -2.29. The SMILES string of the molecule is COc1ccc(CCNC(=O)[C@H]2CCC(=O)N2[C@@H]2OC(=O)c3c2ccc(OC)c3OC)cc1OC. The van der Waals surface area contributed by atoms with Gasteiger partial charge in [0.1, 0.15) is 11.6 Å². The highest BCUT2D eigenvalue weighted by Gasteiger charge is 2.47. The van der Waals surface area contributed by atoms with E-state index < -0.39 is 18.2 Å². The molecule has 2 aromatic rings. The van der Waals surface area contributed by atoms with Gasteiger partial charge in [-0.3, -0.25) is 14.5 Å². The number of amides is 2. The molecule has 35 heavy (non-hydrogen) atoms. The number of rotatable bonds is 9. The number of hydrogen-bond acceptors (Lipinski definition) is 8. The zero-order valence-corrected chi connectivity index (χ0v) is 20.1. The van der Waals surface area contributed by atoms with Crippen LogP contribution in [0.25, 0.3) is 0 Å². The van der Waals surface area contributed by atoms with Crippen molar-refractivity contribution in [1.82, 2.24) is 10.2 Å². The first kappa shape index (κ1) is 24.2. The molecule has 2 aliphatic rings. The Labute approximate surface area is 203 Å². The molecule has 4 rings (SSSR count). The number of likely N-dealkylation sites (tertiary alicyclic amines) is 1. The number of fused-ring (bicyclic) bond motifs is 1. The van der Waals surface area contributed by atoms with E-state index in [1.165, 1.54) is 19.1 Å². The standard InChI is InChI=1S/C25H28N2O8/c1-31-17-8-5-14(13-19(17)33-3)11-12-26-23(29)16-7-10-20(28)27(16)24-15-6-9-18(32-2)22(34-4)21(15)25(30)35-24/h5-6,8-9,13,16,24H,7,10-12H2,1-4H3,(H,26,29)/t16-,24-/m1/s1. The molecule has 1 fully saturated rings. The highest BCUT2D eigenvalue weighted by Crippen LogP contribution is 2.45. The third-order valence-corrected chi connectivity index (χ3v) is 6.24. The van der Waals surface area contributed by atoms with Crippen LogP contribution in [0, 0.1) is 0 Å². The van der Waals surface area contributed by atoms with Gasteiger partial charge in [-0.1, -0.05) is 6.07 Å². The quantitative estimate of drug-likeness (QED) is 0.540. The van der Waals surface area contributed by atoms with Crippen molar-refractivity contribution < 1.29 is 38.1 Å². The van der Waals surface area contributed by atoms with Gasteiger partial charge in [0.15, 0.2) is 23.0 Å². The van der Waals surface area contributed by atoms with Gasteiger partial charge in [0, 0.05) is 18.5 Å². The molecule has 2 amide bonds. The van der Waals surface area contributed by atoms with Gasteiger partial charge >= 0.3 is 5.97 Å². The van der Waals surface area contributed by atoms with E-state index in [2.05, 4.69) is 5.32 Å². The highest BCUT2D eigenvalue weighted by atomic mass is 16.6. The zero-order valence-electron chi connectivity index (χ0n) is 20.1. The van der Waals surface area contributed by atoms with E-state index in [9.17, 15) is 14.4 Å². The molecule has 2 aromatic carbocycles. The van der Waals surface area contributed by atoms with Crippen LogP contribution < -0.4 is 24.3 Å². The molecule has 2 heterocycles. The number of cyclic esters (lactones) is 1. The smallest absolute Gasteiger partial charge is 0.344 e. The molecule has 0 unspecified atom stereocenters. The van der Waals surface area contributed by atoms with Crippen LogP contribution in [0.2, 0.25) is 0 Å². The number of nitrogens with zero attached hydrogens (tertiary/aromatic N) is 1. The second kappa shape index (κ2) is 10.1. The van der Waals surface area contributed by atoms with E-state index in [4.69, 9.17) is 23.7 Å². The van der Waals surface area contributed by atoms with Crippen molar-refractivity contribution in [2.75, 3.05) is 35.0 Å². The molecule has 186 valence electrons. The fraction of sp³-hybridized carbons (Fsp3) is 0.400. The lowest BCUT2D eigenvalue weighted by Crippen LogP contribution is -2.46. The maximum absolute atomic E-state index is 13.1. The topological polar surface area (TPSA) is 113 Å². The predicted octanol–water partition coefficient (Wildman–Crippen LogP) is 2.24. The van der Waals surface area contributed by atoms with Crippen molar-refractivity contribution >= 4 is 17.8 Å². The van der Waals surface area contributed by atoms with Gasteiger partial charge < -0.3 is 29.0 Å². The van der Waals surface area contributed by atoms with Crippen molar-refractivity contribution in [3.05, 3.63) is 47.0 Å². The van der Waals surface area contributed by atoms with Crippen molar-refractivity contribution in [2.45, 2.75) is 31.5 Å². The molecule has 0 radical (unpaired) electrons. The van der Waals surface area contributed by atoms with Crippen molar-refractivity contribution in [2.24, 2.45) is 0 Å². The van der Waals surface area contributed by atoms with Gasteiger partial charge in [-0.2, -0.15) is 0 Å². The fourth-order valence-electron chi connectivity index (χ4n) is 4.53. The van der Waals surface area contributed by atoms with Crippen molar-refractivity contribution in [3.8, 4) is 23.0 Å². The van der Waals surface area contributed by atoms with E-state index in [0.29, 0.717) is 42.2 Å². The minimum absolute atomic E-state index is 0.185. The summed E-state index contributed by atoms with van der Waals surface area (Å²) in [4.78, 5) is 39.8. The number of carbonyl (C=O) groups is 3. The van der Waals surface area contributed by atoms with E-state index in [0.717, 1.165) is 5.56 Å². The summed E-state index contributed by atoms with van der Waals surface area (Å²) < 4.78 is 26.8. The van der Waals surface area contributed by atoms with Crippen LogP contribution in [0.5, 0.6) is 23.0 Å². The number of ether oxygens (including phenoxy) is 5. The Hall–Kier alpha value is -3.95. The number of methoxy groups -OCH3 is 4. The molecule has 2 atom stereocenters. The monoisotopic (exact) mass is 484 g/mol. The molecule has 2 aliphatic heterocycles. The summed E-state index contributed by atoms with van der Waals surface area (Å²) >= 11 is 0. The number of nitrogens with one attached hydrogen (secondary N) is 1. The average Bonchev–Trinajstić information content (AvgIpc) is 3.42. The third kappa shape index (κ3) is 4.43. The molecule has 0 spiro atoms. The van der Waals surface area contributed by atoms with E-state index >= 15 is 0 Å². The van der Waals surface area contributed by atoms with Gasteiger partial charge in [-0.25, -0.2) is 4.79 Å². The zero-order chi connectivity index (χ0) is 25.1. The lowest BCUT2D eigenvalue weighted by molar-refractivity contribution is -0.145. The number of hydrogen-bond donors (Lipinski definition) is 1. The third-order valence-electron chi connectivity index (χ3n) is 6.24. The van der Waals surface area contributed by atoms with Gasteiger partial charge in [0.2, 0.25) is 18.0 Å². The Bertz CT molecular complexity index is 1150. The van der Waals surface area contributed by atoms with E-state index in [-0.39, 0.29) is 29.5 Å². The van der Waals surface area contributed by atoms with Crippen molar-refractivity contribution in [3.63, 3.8) is 0 Å². The van der Waals surface area contributed by atoms with Gasteiger partial charge in [-0.15, -0.1) is 0 Å². The normalized spacial score (nSPS) is 18.7. The van der Waals surface area contributed by atoms with Gasteiger partial charge in [0.05, 0.1) is 28.4 Å². The Morgan fingerprint density at radius 1 is 1.00 bits per heavy atom. The van der Waals surface area contributed by atoms with Gasteiger partial charge in [0.25, 0.3) is 0 Å². The minimum Gasteiger partial charge on any atom is -0.493 e. The summed E-state index contributed by atoms with van der Waals surface area (Å²) in [6, 6.07) is 8.10. The lowest BCUT2D eigenvalue weighted by atomic mass is 10.0. The minimum atomic E-state index is -1.01. The maximum Gasteiger partial charge on any atom is 0.344 e. The first-order valence-electron chi connectivity index (χ1n) is 11.2. The highest BCUT2D eigenvalue weighted by molar-refractivity contribution is 5.99. The van der Waals surface area contributed by atoms with Crippen LogP contribution in [-0.4, -0.2) is 63.7 Å². The number of benzene rings is 2. The average molecular weight is 485 g/mol. The van der Waals surface area contributed by atoms with Crippen LogP contribution in [0.4, 0.5) is 0 Å². The summed E-state index contributed by atoms with van der Waals surface area (Å²) in [5, 5.41) is 2.90. The molecule has 10 nitrogen and oxygen atoms in total. The second-order valence-corrected chi connectivity index (χ2v) is 8.11. The van der Waals surface area contributed by atoms with Crippen LogP contribution in [0.1, 0.15) is 40.6 Å². The first-order chi connectivity index (χ1) is 16.9. The molecule has 1 N–H and O–H groups in total. The predicted molar refractivity (Wildman–Crippen MR) is 124 cm³/mol. The Kier molecular flexibility index (Phi) is 6.99. The molecule has 0 saturated carbocycles. The van der Waals surface area contributed by atoms with Crippen LogP contribution in [0.15, 0.2) is 30.3 Å². The maximum atomic E-state index is 13.1. The number of carbonyl (C=O) groups excluding carboxylic acids is 3. The van der Waals surface area contributed by atoms with Crippen LogP contribution in [-0.2, 0) is 20.7 Å². The first-order valence-corrected chi connectivity index (χ1v) is 11.2. The molecule has 10 heteroatoms. The van der Waals surface area contributed by atoms with E-state index in [1.807, 2.05) is 18.2 Å². The Balaban J connectivity index is 1.48. The molecular weight excluding hydrogens is 456 g/mol. The Morgan fingerprint density at radius 3 is 2.40 bits per heavy atom. The molecule has 1 saturated heterocycles. The summed E-state index contributed by atoms with van der Waals surface area (Å²) in [6.45, 7) is 0.360. The Morgan fingerprint density at radius 2 is 1.71 bits per heavy atom. The van der Waals surface area contributed by atoms with E-state index in [1.54, 1.807) is 26.4 Å². The molecule has 0 aliphatic carbocycles. The largest absolute Gasteiger partial charge is 0.493 e. The van der Waals surface area contributed by atoms with Crippen LogP contribution >= 0.6 is 0 Å². The van der Waals surface area contributed by atoms with Crippen LogP contribution in [0.3, 0.4) is 0 Å². The van der Waals surface area contributed by atoms with Crippen molar-refractivity contribution in [1.29, 1.82) is 0 Å². The molecule has 0 bridgehead atoms. The summed E-state index contributed by atoms with van der Waals surface area (Å²) in [6.07, 6.45) is 0.0709. The summed E-state index contributed by atoms with van der Waals surface area (Å²) in [7, 11) is 6.02. The fourth-order valence-corrected chi connectivity index (χ4v) is 4.53.